The molecule has 0 radical (unpaired) electrons. The molecule has 0 atom stereocenters. The highest BCUT2D eigenvalue weighted by atomic mass is 16.5. The Morgan fingerprint density at radius 3 is 2.48 bits per heavy atom. The van der Waals surface area contributed by atoms with Crippen molar-refractivity contribution in [3.05, 3.63) is 29.8 Å². The van der Waals surface area contributed by atoms with E-state index in [1.54, 1.807) is 24.3 Å². The molecule has 0 unspecified atom stereocenters. The van der Waals surface area contributed by atoms with Gasteiger partial charge in [-0.3, -0.25) is 14.4 Å². The van der Waals surface area contributed by atoms with Gasteiger partial charge in [-0.15, -0.1) is 0 Å². The summed E-state index contributed by atoms with van der Waals surface area (Å²) in [6.45, 7) is 0.976. The number of hydrazone groups is 1. The molecule has 0 bridgehead atoms. The summed E-state index contributed by atoms with van der Waals surface area (Å²) in [6, 6.07) is 6.33. The van der Waals surface area contributed by atoms with E-state index in [9.17, 15) is 19.2 Å². The third-order valence-electron chi connectivity index (χ3n) is 3.05. The minimum absolute atomic E-state index is 0.0721. The van der Waals surface area contributed by atoms with E-state index in [1.165, 1.54) is 6.92 Å². The highest BCUT2D eigenvalue weighted by Crippen LogP contribution is 2.10. The summed E-state index contributed by atoms with van der Waals surface area (Å²) < 4.78 is 4.83. The summed E-state index contributed by atoms with van der Waals surface area (Å²) in [7, 11) is 0. The Hall–Kier alpha value is -3.03. The quantitative estimate of drug-likeness (QED) is 0.611. The van der Waals surface area contributed by atoms with Gasteiger partial charge in [0.1, 0.15) is 5.71 Å². The van der Waals surface area contributed by atoms with Crippen LogP contribution in [0.15, 0.2) is 29.4 Å². The molecule has 0 saturated heterocycles. The molecule has 1 heterocycles. The molecule has 1 aromatic rings. The van der Waals surface area contributed by atoms with E-state index in [1.807, 2.05) is 0 Å². The Morgan fingerprint density at radius 1 is 1.22 bits per heavy atom. The SMILES string of the molecule is CC(=O)c1ccc(NC(=O)COC(=O)C2=NNC(=O)CC2)cc1. The maximum atomic E-state index is 11.7. The number of rotatable bonds is 5. The van der Waals surface area contributed by atoms with Gasteiger partial charge in [-0.1, -0.05) is 0 Å². The summed E-state index contributed by atoms with van der Waals surface area (Å²) in [4.78, 5) is 45.4. The largest absolute Gasteiger partial charge is 0.451 e. The summed E-state index contributed by atoms with van der Waals surface area (Å²) in [5, 5.41) is 6.11. The van der Waals surface area contributed by atoms with Crippen LogP contribution in [0, 0.1) is 0 Å². The number of carbonyl (C=O) groups is 4. The van der Waals surface area contributed by atoms with Crippen molar-refractivity contribution in [3.8, 4) is 0 Å². The summed E-state index contributed by atoms with van der Waals surface area (Å²) in [5.41, 5.74) is 3.27. The van der Waals surface area contributed by atoms with Crippen LogP contribution in [-0.2, 0) is 19.1 Å². The van der Waals surface area contributed by atoms with Gasteiger partial charge in [-0.2, -0.15) is 5.10 Å². The van der Waals surface area contributed by atoms with Gasteiger partial charge in [0.05, 0.1) is 0 Å². The average Bonchev–Trinajstić information content (AvgIpc) is 2.54. The number of ketones is 1. The molecule has 1 aliphatic heterocycles. The standard InChI is InChI=1S/C15H15N3O5/c1-9(19)10-2-4-11(5-3-10)16-14(21)8-23-15(22)12-6-7-13(20)18-17-12/h2-5H,6-8H2,1H3,(H,16,21)(H,18,20). The fourth-order valence-corrected chi connectivity index (χ4v) is 1.82. The minimum atomic E-state index is -0.743. The normalized spacial score (nSPS) is 13.6. The molecule has 0 spiro atoms. The predicted molar refractivity (Wildman–Crippen MR) is 80.8 cm³/mol. The molecule has 0 saturated carbocycles. The number of hydrogen-bond acceptors (Lipinski definition) is 6. The highest BCUT2D eigenvalue weighted by Gasteiger charge is 2.20. The smallest absolute Gasteiger partial charge is 0.355 e. The molecule has 1 aromatic carbocycles. The van der Waals surface area contributed by atoms with E-state index < -0.39 is 18.5 Å². The van der Waals surface area contributed by atoms with Gasteiger partial charge in [0, 0.05) is 24.1 Å². The van der Waals surface area contributed by atoms with Crippen molar-refractivity contribution >= 4 is 35.0 Å². The van der Waals surface area contributed by atoms with Gasteiger partial charge in [0.25, 0.3) is 5.91 Å². The van der Waals surface area contributed by atoms with Crippen LogP contribution in [0.3, 0.4) is 0 Å². The molecule has 2 amide bonds. The number of nitrogens with zero attached hydrogens (tertiary/aromatic N) is 1. The van der Waals surface area contributed by atoms with E-state index in [0.29, 0.717) is 11.3 Å². The van der Waals surface area contributed by atoms with Crippen molar-refractivity contribution in [2.75, 3.05) is 11.9 Å². The van der Waals surface area contributed by atoms with Gasteiger partial charge >= 0.3 is 5.97 Å². The van der Waals surface area contributed by atoms with Crippen LogP contribution in [0.1, 0.15) is 30.1 Å². The van der Waals surface area contributed by atoms with E-state index in [-0.39, 0.29) is 30.2 Å². The van der Waals surface area contributed by atoms with Crippen molar-refractivity contribution in [2.45, 2.75) is 19.8 Å². The topological polar surface area (TPSA) is 114 Å². The first-order valence-electron chi connectivity index (χ1n) is 6.89. The number of ether oxygens (including phenoxy) is 1. The third kappa shape index (κ3) is 4.73. The molecule has 0 aliphatic carbocycles. The second-order valence-electron chi connectivity index (χ2n) is 4.85. The Labute approximate surface area is 131 Å². The van der Waals surface area contributed by atoms with Crippen LogP contribution >= 0.6 is 0 Å². The lowest BCUT2D eigenvalue weighted by molar-refractivity contribution is -0.140. The summed E-state index contributed by atoms with van der Waals surface area (Å²) >= 11 is 0. The Balaban J connectivity index is 1.82. The number of carbonyl (C=O) groups excluding carboxylic acids is 4. The third-order valence-corrected chi connectivity index (χ3v) is 3.05. The van der Waals surface area contributed by atoms with Crippen LogP contribution in [0.25, 0.3) is 0 Å². The van der Waals surface area contributed by atoms with Gasteiger partial charge in [-0.05, 0) is 31.2 Å². The monoisotopic (exact) mass is 317 g/mol. The van der Waals surface area contributed by atoms with Crippen molar-refractivity contribution in [2.24, 2.45) is 5.10 Å². The lowest BCUT2D eigenvalue weighted by Gasteiger charge is -2.11. The van der Waals surface area contributed by atoms with Crippen LogP contribution in [0.4, 0.5) is 5.69 Å². The number of benzene rings is 1. The number of Topliss-reactive ketones (excluding diaryl/α,β-unsaturated/α-hetero) is 1. The zero-order chi connectivity index (χ0) is 16.8. The van der Waals surface area contributed by atoms with Crippen LogP contribution < -0.4 is 10.7 Å². The van der Waals surface area contributed by atoms with Gasteiger partial charge in [-0.25, -0.2) is 10.2 Å². The van der Waals surface area contributed by atoms with Gasteiger partial charge in [0.15, 0.2) is 12.4 Å². The van der Waals surface area contributed by atoms with E-state index in [4.69, 9.17) is 4.74 Å². The minimum Gasteiger partial charge on any atom is -0.451 e. The molecular formula is C15H15N3O5. The Morgan fingerprint density at radius 2 is 1.91 bits per heavy atom. The maximum absolute atomic E-state index is 11.7. The second kappa shape index (κ2) is 7.30. The van der Waals surface area contributed by atoms with Crippen molar-refractivity contribution < 1.29 is 23.9 Å². The molecule has 2 N–H and O–H groups in total. The lowest BCUT2D eigenvalue weighted by Crippen LogP contribution is -2.32. The highest BCUT2D eigenvalue weighted by molar-refractivity contribution is 6.37. The lowest BCUT2D eigenvalue weighted by atomic mass is 10.1. The van der Waals surface area contributed by atoms with E-state index in [0.717, 1.165) is 0 Å². The fraction of sp³-hybridized carbons (Fsp3) is 0.267. The molecule has 8 heteroatoms. The van der Waals surface area contributed by atoms with Crippen molar-refractivity contribution in [3.63, 3.8) is 0 Å². The molecule has 0 aromatic heterocycles. The Kier molecular flexibility index (Phi) is 5.19. The number of anilines is 1. The van der Waals surface area contributed by atoms with Crippen molar-refractivity contribution in [1.82, 2.24) is 5.43 Å². The molecular weight excluding hydrogens is 302 g/mol. The van der Waals surface area contributed by atoms with Crippen LogP contribution in [0.2, 0.25) is 0 Å². The molecule has 0 fully saturated rings. The number of hydrogen-bond donors (Lipinski definition) is 2. The predicted octanol–water partition coefficient (Wildman–Crippen LogP) is 0.637. The van der Waals surface area contributed by atoms with Crippen LogP contribution in [0.5, 0.6) is 0 Å². The number of esters is 1. The Bertz CT molecular complexity index is 679. The fourth-order valence-electron chi connectivity index (χ4n) is 1.82. The first kappa shape index (κ1) is 16.3. The summed E-state index contributed by atoms with van der Waals surface area (Å²) in [6.07, 6.45) is 0.335. The molecule has 8 nitrogen and oxygen atoms in total. The second-order valence-corrected chi connectivity index (χ2v) is 4.85. The molecule has 120 valence electrons. The van der Waals surface area contributed by atoms with Crippen LogP contribution in [-0.4, -0.2) is 35.9 Å². The average molecular weight is 317 g/mol. The first-order chi connectivity index (χ1) is 11.0. The summed E-state index contributed by atoms with van der Waals surface area (Å²) in [5.74, 6) is -1.60. The van der Waals surface area contributed by atoms with Gasteiger partial charge in [0.2, 0.25) is 5.91 Å². The first-order valence-corrected chi connectivity index (χ1v) is 6.89. The zero-order valence-corrected chi connectivity index (χ0v) is 12.4. The molecule has 2 rings (SSSR count). The van der Waals surface area contributed by atoms with E-state index >= 15 is 0 Å². The maximum Gasteiger partial charge on any atom is 0.355 e. The number of amides is 2. The molecule has 1 aliphatic rings. The van der Waals surface area contributed by atoms with E-state index in [2.05, 4.69) is 15.8 Å². The van der Waals surface area contributed by atoms with Gasteiger partial charge < -0.3 is 10.1 Å². The number of nitrogens with one attached hydrogen (secondary N) is 2. The van der Waals surface area contributed by atoms with Crippen molar-refractivity contribution in [1.29, 1.82) is 0 Å². The zero-order valence-electron chi connectivity index (χ0n) is 12.4. The molecule has 23 heavy (non-hydrogen) atoms.